The summed E-state index contributed by atoms with van der Waals surface area (Å²) < 4.78 is 15.4. The lowest BCUT2D eigenvalue weighted by Crippen LogP contribution is -1.95. The molecule has 0 bridgehead atoms. The van der Waals surface area contributed by atoms with Crippen molar-refractivity contribution in [2.45, 2.75) is 13.3 Å². The molecule has 0 amide bonds. The zero-order valence-corrected chi connectivity index (χ0v) is 11.5. The van der Waals surface area contributed by atoms with Crippen molar-refractivity contribution in [1.29, 1.82) is 0 Å². The minimum Gasteiger partial charge on any atom is -0.496 e. The molecule has 1 aromatic heterocycles. The third kappa shape index (κ3) is 2.45. The molecule has 0 radical (unpaired) electrons. The number of aromatic nitrogens is 1. The monoisotopic (exact) mass is 277 g/mol. The smallest absolute Gasteiger partial charge is 0.374 e. The number of hydrogen-bond acceptors (Lipinski definition) is 5. The summed E-state index contributed by atoms with van der Waals surface area (Å²) in [4.78, 5) is 10.8. The molecule has 0 spiro atoms. The van der Waals surface area contributed by atoms with E-state index < -0.39 is 5.97 Å². The first-order valence-electron chi connectivity index (χ1n) is 6.06. The van der Waals surface area contributed by atoms with E-state index in [1.54, 1.807) is 20.3 Å². The van der Waals surface area contributed by atoms with Crippen molar-refractivity contribution in [1.82, 2.24) is 5.16 Å². The van der Waals surface area contributed by atoms with Gasteiger partial charge in [0.1, 0.15) is 17.2 Å². The molecular weight excluding hydrogens is 262 g/mol. The molecule has 1 N–H and O–H groups in total. The summed E-state index contributed by atoms with van der Waals surface area (Å²) in [5, 5.41) is 12.6. The maximum Gasteiger partial charge on any atom is 0.374 e. The van der Waals surface area contributed by atoms with Gasteiger partial charge in [-0.2, -0.15) is 0 Å². The predicted octanol–water partition coefficient (Wildman–Crippen LogP) is 2.62. The van der Waals surface area contributed by atoms with Crippen molar-refractivity contribution in [2.24, 2.45) is 0 Å². The molecule has 0 atom stereocenters. The highest BCUT2D eigenvalue weighted by Gasteiger charge is 2.17. The highest BCUT2D eigenvalue weighted by molar-refractivity contribution is 5.86. The van der Waals surface area contributed by atoms with E-state index in [1.807, 2.05) is 13.0 Å². The maximum absolute atomic E-state index is 10.8. The third-order valence-electron chi connectivity index (χ3n) is 2.98. The number of aromatic carboxylic acids is 1. The fourth-order valence-electron chi connectivity index (χ4n) is 1.94. The number of hydrogen-bond donors (Lipinski definition) is 1. The Kier molecular flexibility index (Phi) is 3.93. The Hall–Kier alpha value is -2.50. The average molecular weight is 277 g/mol. The lowest BCUT2D eigenvalue weighted by molar-refractivity contribution is 0.0652. The Morgan fingerprint density at radius 1 is 1.25 bits per heavy atom. The third-order valence-corrected chi connectivity index (χ3v) is 2.98. The van der Waals surface area contributed by atoms with E-state index in [1.165, 1.54) is 6.07 Å². The van der Waals surface area contributed by atoms with Crippen LogP contribution in [0.4, 0.5) is 0 Å². The first kappa shape index (κ1) is 13.9. The molecule has 6 heteroatoms. The topological polar surface area (TPSA) is 81.8 Å². The SMILES string of the molecule is CCc1cc(OC)c(-c2cc(C(=O)O)on2)cc1OC. The Morgan fingerprint density at radius 2 is 1.95 bits per heavy atom. The van der Waals surface area contributed by atoms with Gasteiger partial charge < -0.3 is 19.1 Å². The van der Waals surface area contributed by atoms with Crippen molar-refractivity contribution in [3.05, 3.63) is 29.5 Å². The Labute approximate surface area is 115 Å². The number of carboxylic acid groups (broad SMARTS) is 1. The van der Waals surface area contributed by atoms with E-state index in [4.69, 9.17) is 19.1 Å². The maximum atomic E-state index is 10.8. The lowest BCUT2D eigenvalue weighted by Gasteiger charge is -2.12. The van der Waals surface area contributed by atoms with Crippen molar-refractivity contribution < 1.29 is 23.9 Å². The van der Waals surface area contributed by atoms with Crippen LogP contribution in [0.1, 0.15) is 23.0 Å². The second-order valence-electron chi connectivity index (χ2n) is 4.10. The van der Waals surface area contributed by atoms with Crippen LogP contribution in [0, 0.1) is 0 Å². The van der Waals surface area contributed by atoms with Crippen LogP contribution in [-0.4, -0.2) is 30.5 Å². The number of methoxy groups -OCH3 is 2. The number of nitrogens with zero attached hydrogens (tertiary/aromatic N) is 1. The molecule has 0 fully saturated rings. The van der Waals surface area contributed by atoms with Gasteiger partial charge in [0.05, 0.1) is 14.2 Å². The average Bonchev–Trinajstić information content (AvgIpc) is 2.95. The van der Waals surface area contributed by atoms with E-state index in [0.717, 1.165) is 12.0 Å². The molecule has 0 saturated heterocycles. The van der Waals surface area contributed by atoms with Gasteiger partial charge in [0.2, 0.25) is 5.76 Å². The number of rotatable bonds is 5. The molecule has 0 aliphatic carbocycles. The molecule has 20 heavy (non-hydrogen) atoms. The van der Waals surface area contributed by atoms with Gasteiger partial charge in [-0.25, -0.2) is 4.79 Å². The summed E-state index contributed by atoms with van der Waals surface area (Å²) in [6.45, 7) is 2.01. The van der Waals surface area contributed by atoms with Crippen molar-refractivity contribution in [3.8, 4) is 22.8 Å². The van der Waals surface area contributed by atoms with Crippen LogP contribution < -0.4 is 9.47 Å². The Balaban J connectivity index is 2.56. The van der Waals surface area contributed by atoms with Gasteiger partial charge in [-0.15, -0.1) is 0 Å². The van der Waals surface area contributed by atoms with Gasteiger partial charge in [-0.1, -0.05) is 12.1 Å². The summed E-state index contributed by atoms with van der Waals surface area (Å²) in [5.41, 5.74) is 2.01. The standard InChI is InChI=1S/C14H15NO5/c1-4-8-5-12(19-3)9(6-11(8)18-2)10-7-13(14(16)17)20-15-10/h5-7H,4H2,1-3H3,(H,16,17). The van der Waals surface area contributed by atoms with E-state index >= 15 is 0 Å². The Bertz CT molecular complexity index is 632. The van der Waals surface area contributed by atoms with Crippen molar-refractivity contribution in [3.63, 3.8) is 0 Å². The number of aryl methyl sites for hydroxylation is 1. The first-order chi connectivity index (χ1) is 9.60. The van der Waals surface area contributed by atoms with Crippen LogP contribution in [0.15, 0.2) is 22.7 Å². The lowest BCUT2D eigenvalue weighted by atomic mass is 10.0. The van der Waals surface area contributed by atoms with Gasteiger partial charge in [0, 0.05) is 11.6 Å². The summed E-state index contributed by atoms with van der Waals surface area (Å²) in [5.74, 6) is -0.100. The molecule has 0 aliphatic rings. The Morgan fingerprint density at radius 3 is 2.45 bits per heavy atom. The molecule has 1 aromatic carbocycles. The van der Waals surface area contributed by atoms with Crippen LogP contribution in [-0.2, 0) is 6.42 Å². The quantitative estimate of drug-likeness (QED) is 0.904. The first-order valence-corrected chi connectivity index (χ1v) is 6.06. The van der Waals surface area contributed by atoms with Crippen LogP contribution >= 0.6 is 0 Å². The van der Waals surface area contributed by atoms with E-state index in [0.29, 0.717) is 22.8 Å². The summed E-state index contributed by atoms with van der Waals surface area (Å²) in [7, 11) is 3.12. The second-order valence-corrected chi connectivity index (χ2v) is 4.10. The number of carbonyl (C=O) groups is 1. The molecule has 0 unspecified atom stereocenters. The summed E-state index contributed by atoms with van der Waals surface area (Å²) >= 11 is 0. The fourth-order valence-corrected chi connectivity index (χ4v) is 1.94. The predicted molar refractivity (Wildman–Crippen MR) is 71.4 cm³/mol. The van der Waals surface area contributed by atoms with Crippen LogP contribution in [0.3, 0.4) is 0 Å². The minimum atomic E-state index is -1.17. The van der Waals surface area contributed by atoms with Crippen LogP contribution in [0.25, 0.3) is 11.3 Å². The minimum absolute atomic E-state index is 0.222. The van der Waals surface area contributed by atoms with Crippen LogP contribution in [0.5, 0.6) is 11.5 Å². The van der Waals surface area contributed by atoms with Crippen LogP contribution in [0.2, 0.25) is 0 Å². The zero-order chi connectivity index (χ0) is 14.7. The van der Waals surface area contributed by atoms with Gasteiger partial charge in [-0.05, 0) is 24.1 Å². The largest absolute Gasteiger partial charge is 0.496 e. The highest BCUT2D eigenvalue weighted by Crippen LogP contribution is 2.36. The fraction of sp³-hybridized carbons (Fsp3) is 0.286. The van der Waals surface area contributed by atoms with Gasteiger partial charge >= 0.3 is 5.97 Å². The zero-order valence-electron chi connectivity index (χ0n) is 11.5. The number of carboxylic acids is 1. The second kappa shape index (κ2) is 5.64. The van der Waals surface area contributed by atoms with E-state index in [-0.39, 0.29) is 5.76 Å². The van der Waals surface area contributed by atoms with Gasteiger partial charge in [0.15, 0.2) is 0 Å². The molecule has 6 nitrogen and oxygen atoms in total. The number of ether oxygens (including phenoxy) is 2. The molecule has 0 saturated carbocycles. The van der Waals surface area contributed by atoms with E-state index in [9.17, 15) is 4.79 Å². The highest BCUT2D eigenvalue weighted by atomic mass is 16.5. The molecule has 2 rings (SSSR count). The summed E-state index contributed by atoms with van der Waals surface area (Å²) in [6.07, 6.45) is 0.791. The molecular formula is C14H15NO5. The molecule has 2 aromatic rings. The van der Waals surface area contributed by atoms with Gasteiger partial charge in [0.25, 0.3) is 0 Å². The van der Waals surface area contributed by atoms with Crippen molar-refractivity contribution >= 4 is 5.97 Å². The van der Waals surface area contributed by atoms with Crippen molar-refractivity contribution in [2.75, 3.05) is 14.2 Å². The number of benzene rings is 1. The molecule has 106 valence electrons. The van der Waals surface area contributed by atoms with E-state index in [2.05, 4.69) is 5.16 Å². The summed E-state index contributed by atoms with van der Waals surface area (Å²) in [6, 6.07) is 4.97. The normalized spacial score (nSPS) is 10.3. The molecule has 0 aliphatic heterocycles. The van der Waals surface area contributed by atoms with Gasteiger partial charge in [-0.3, -0.25) is 0 Å². The molecule has 1 heterocycles.